The van der Waals surface area contributed by atoms with Crippen molar-refractivity contribution in [3.8, 4) is 0 Å². The van der Waals surface area contributed by atoms with Crippen molar-refractivity contribution in [2.75, 3.05) is 6.54 Å². The number of benzene rings is 1. The molecule has 1 rings (SSSR count). The highest BCUT2D eigenvalue weighted by Gasteiger charge is 2.04. The Labute approximate surface area is 117 Å². The number of hydrogen-bond acceptors (Lipinski definition) is 2. The summed E-state index contributed by atoms with van der Waals surface area (Å²) in [5.41, 5.74) is 2.48. The lowest BCUT2D eigenvalue weighted by molar-refractivity contribution is -0.116. The van der Waals surface area contributed by atoms with Crippen molar-refractivity contribution in [3.05, 3.63) is 35.4 Å². The molecular formula is C17H27NO. The summed E-state index contributed by atoms with van der Waals surface area (Å²) in [4.78, 5) is 11.0. The summed E-state index contributed by atoms with van der Waals surface area (Å²) in [5.74, 6) is 0.917. The van der Waals surface area contributed by atoms with Crippen LogP contribution in [0.4, 0.5) is 0 Å². The van der Waals surface area contributed by atoms with Crippen molar-refractivity contribution < 1.29 is 4.79 Å². The summed E-state index contributed by atoms with van der Waals surface area (Å²) in [5, 5.41) is 3.47. The van der Waals surface area contributed by atoms with Gasteiger partial charge in [0.25, 0.3) is 0 Å². The Kier molecular flexibility index (Phi) is 6.79. The van der Waals surface area contributed by atoms with Gasteiger partial charge in [0.05, 0.1) is 0 Å². The predicted octanol–water partition coefficient (Wildman–Crippen LogP) is 3.38. The van der Waals surface area contributed by atoms with Crippen molar-refractivity contribution in [1.82, 2.24) is 5.32 Å². The van der Waals surface area contributed by atoms with Gasteiger partial charge in [0, 0.05) is 12.5 Å². The number of aryl methyl sites for hydroxylation is 1. The van der Waals surface area contributed by atoms with Crippen molar-refractivity contribution in [2.24, 2.45) is 5.92 Å². The lowest BCUT2D eigenvalue weighted by atomic mass is 9.99. The van der Waals surface area contributed by atoms with E-state index in [-0.39, 0.29) is 5.78 Å². The number of carbonyl (C=O) groups is 1. The summed E-state index contributed by atoms with van der Waals surface area (Å²) in [6.45, 7) is 9.37. The van der Waals surface area contributed by atoms with E-state index >= 15 is 0 Å². The van der Waals surface area contributed by atoms with E-state index in [1.165, 1.54) is 12.0 Å². The molecule has 0 aliphatic rings. The first-order valence-corrected chi connectivity index (χ1v) is 7.28. The van der Waals surface area contributed by atoms with Gasteiger partial charge in [-0.15, -0.1) is 0 Å². The Balaban J connectivity index is 2.35. The van der Waals surface area contributed by atoms with Crippen LogP contribution in [0.1, 0.15) is 45.2 Å². The van der Waals surface area contributed by atoms with Gasteiger partial charge in [-0.1, -0.05) is 45.0 Å². The zero-order chi connectivity index (χ0) is 14.3. The molecule has 1 N–H and O–H groups in total. The molecule has 0 saturated carbocycles. The zero-order valence-electron chi connectivity index (χ0n) is 12.7. The normalized spacial score (nSPS) is 12.7. The van der Waals surface area contributed by atoms with Crippen molar-refractivity contribution in [3.63, 3.8) is 0 Å². The van der Waals surface area contributed by atoms with Gasteiger partial charge in [-0.25, -0.2) is 0 Å². The molecule has 0 aliphatic heterocycles. The lowest BCUT2D eigenvalue weighted by Gasteiger charge is -2.14. The molecule has 0 fully saturated rings. The van der Waals surface area contributed by atoms with Gasteiger partial charge in [-0.2, -0.15) is 0 Å². The minimum absolute atomic E-state index is 0.223. The summed E-state index contributed by atoms with van der Waals surface area (Å²) in [7, 11) is 0. The van der Waals surface area contributed by atoms with Gasteiger partial charge in [0.1, 0.15) is 5.78 Å². The Bertz CT molecular complexity index is 381. The third kappa shape index (κ3) is 7.12. The maximum Gasteiger partial charge on any atom is 0.134 e. The fraction of sp³-hybridized carbons (Fsp3) is 0.588. The SMILES string of the molecule is CC(=O)Cc1ccc(CCC(C)CNC(C)C)cc1. The van der Waals surface area contributed by atoms with E-state index in [4.69, 9.17) is 0 Å². The number of nitrogens with one attached hydrogen (secondary N) is 1. The molecule has 1 atom stereocenters. The Hall–Kier alpha value is -1.15. The highest BCUT2D eigenvalue weighted by atomic mass is 16.1. The lowest BCUT2D eigenvalue weighted by Crippen LogP contribution is -2.28. The summed E-state index contributed by atoms with van der Waals surface area (Å²) in [6.07, 6.45) is 2.86. The van der Waals surface area contributed by atoms with Gasteiger partial charge >= 0.3 is 0 Å². The molecular weight excluding hydrogens is 234 g/mol. The molecule has 19 heavy (non-hydrogen) atoms. The smallest absolute Gasteiger partial charge is 0.134 e. The highest BCUT2D eigenvalue weighted by Crippen LogP contribution is 2.11. The molecule has 0 aliphatic carbocycles. The molecule has 0 radical (unpaired) electrons. The second-order valence-corrected chi connectivity index (χ2v) is 5.90. The quantitative estimate of drug-likeness (QED) is 0.777. The number of rotatable bonds is 8. The maximum atomic E-state index is 11.0. The van der Waals surface area contributed by atoms with Crippen LogP contribution in [-0.4, -0.2) is 18.4 Å². The molecule has 1 aromatic rings. The fourth-order valence-electron chi connectivity index (χ4n) is 2.06. The van der Waals surface area contributed by atoms with Gasteiger partial charge in [0.2, 0.25) is 0 Å². The number of hydrogen-bond donors (Lipinski definition) is 1. The highest BCUT2D eigenvalue weighted by molar-refractivity contribution is 5.78. The number of Topliss-reactive ketones (excluding diaryl/α,β-unsaturated/α-hetero) is 1. The van der Waals surface area contributed by atoms with Crippen LogP contribution in [0.3, 0.4) is 0 Å². The molecule has 1 unspecified atom stereocenters. The average Bonchev–Trinajstić information content (AvgIpc) is 2.35. The second-order valence-electron chi connectivity index (χ2n) is 5.90. The first-order chi connectivity index (χ1) is 8.97. The molecule has 0 amide bonds. The van der Waals surface area contributed by atoms with Crippen LogP contribution in [0.2, 0.25) is 0 Å². The standard InChI is InChI=1S/C17H27NO/c1-13(2)18-12-14(3)5-6-16-7-9-17(10-8-16)11-15(4)19/h7-10,13-14,18H,5-6,11-12H2,1-4H3. The van der Waals surface area contributed by atoms with E-state index in [1.807, 2.05) is 0 Å². The van der Waals surface area contributed by atoms with E-state index in [1.54, 1.807) is 6.92 Å². The molecule has 1 aromatic carbocycles. The Morgan fingerprint density at radius 2 is 1.68 bits per heavy atom. The maximum absolute atomic E-state index is 11.0. The predicted molar refractivity (Wildman–Crippen MR) is 81.5 cm³/mol. The van der Waals surface area contributed by atoms with E-state index in [9.17, 15) is 4.79 Å². The van der Waals surface area contributed by atoms with Gasteiger partial charge in [0.15, 0.2) is 0 Å². The third-order valence-corrected chi connectivity index (χ3v) is 3.28. The fourth-order valence-corrected chi connectivity index (χ4v) is 2.06. The average molecular weight is 261 g/mol. The van der Waals surface area contributed by atoms with Gasteiger partial charge < -0.3 is 5.32 Å². The molecule has 106 valence electrons. The van der Waals surface area contributed by atoms with Crippen molar-refractivity contribution >= 4 is 5.78 Å². The van der Waals surface area contributed by atoms with Crippen molar-refractivity contribution in [2.45, 2.75) is 53.0 Å². The topological polar surface area (TPSA) is 29.1 Å². The van der Waals surface area contributed by atoms with Crippen molar-refractivity contribution in [1.29, 1.82) is 0 Å². The Morgan fingerprint density at radius 1 is 1.11 bits per heavy atom. The van der Waals surface area contributed by atoms with E-state index in [0.29, 0.717) is 18.4 Å². The van der Waals surface area contributed by atoms with Gasteiger partial charge in [-0.3, -0.25) is 4.79 Å². The first-order valence-electron chi connectivity index (χ1n) is 7.28. The number of carbonyl (C=O) groups excluding carboxylic acids is 1. The zero-order valence-corrected chi connectivity index (χ0v) is 12.7. The monoisotopic (exact) mass is 261 g/mol. The number of ketones is 1. The third-order valence-electron chi connectivity index (χ3n) is 3.28. The molecule has 0 bridgehead atoms. The van der Waals surface area contributed by atoms with Crippen LogP contribution >= 0.6 is 0 Å². The van der Waals surface area contributed by atoms with Crippen LogP contribution in [0.15, 0.2) is 24.3 Å². The van der Waals surface area contributed by atoms with Crippen LogP contribution in [0, 0.1) is 5.92 Å². The summed E-state index contributed by atoms with van der Waals surface area (Å²) in [6, 6.07) is 9.02. The molecule has 0 heterocycles. The van der Waals surface area contributed by atoms with Crippen LogP contribution < -0.4 is 5.32 Å². The minimum atomic E-state index is 0.223. The molecule has 0 aromatic heterocycles. The molecule has 2 heteroatoms. The van der Waals surface area contributed by atoms with Crippen LogP contribution in [-0.2, 0) is 17.6 Å². The van der Waals surface area contributed by atoms with E-state index < -0.39 is 0 Å². The molecule has 0 saturated heterocycles. The minimum Gasteiger partial charge on any atom is -0.314 e. The largest absolute Gasteiger partial charge is 0.314 e. The van der Waals surface area contributed by atoms with E-state index in [0.717, 1.165) is 18.5 Å². The van der Waals surface area contributed by atoms with Gasteiger partial charge in [-0.05, 0) is 43.4 Å². The Morgan fingerprint density at radius 3 is 2.21 bits per heavy atom. The molecule has 2 nitrogen and oxygen atoms in total. The van der Waals surface area contributed by atoms with Crippen LogP contribution in [0.25, 0.3) is 0 Å². The summed E-state index contributed by atoms with van der Waals surface area (Å²) < 4.78 is 0. The molecule has 0 spiro atoms. The summed E-state index contributed by atoms with van der Waals surface area (Å²) >= 11 is 0. The second kappa shape index (κ2) is 8.11. The van der Waals surface area contributed by atoms with E-state index in [2.05, 4.69) is 50.4 Å². The first kappa shape index (κ1) is 15.9. The van der Waals surface area contributed by atoms with Crippen LogP contribution in [0.5, 0.6) is 0 Å².